The van der Waals surface area contributed by atoms with Crippen LogP contribution in [0.5, 0.6) is 0 Å². The lowest BCUT2D eigenvalue weighted by Gasteiger charge is -2.17. The number of aryl methyl sites for hydroxylation is 2. The van der Waals surface area contributed by atoms with Gasteiger partial charge in [-0.2, -0.15) is 0 Å². The molecule has 27 heavy (non-hydrogen) atoms. The zero-order valence-electron chi connectivity index (χ0n) is 15.7. The molecule has 6 heteroatoms. The Labute approximate surface area is 157 Å². The molecule has 3 aromatic rings. The molecule has 0 aliphatic rings. The smallest absolute Gasteiger partial charge is 0.254 e. The van der Waals surface area contributed by atoms with Gasteiger partial charge in [0, 0.05) is 48.4 Å². The Hall–Kier alpha value is -3.28. The third-order valence-corrected chi connectivity index (χ3v) is 4.56. The van der Waals surface area contributed by atoms with Gasteiger partial charge in [0.2, 0.25) is 5.91 Å². The molecular formula is C21H22N4O2. The average molecular weight is 362 g/mol. The number of nitrogens with zero attached hydrogens (tertiary/aromatic N) is 3. The van der Waals surface area contributed by atoms with E-state index in [1.54, 1.807) is 43.4 Å². The minimum Gasteiger partial charge on any atom is -0.315 e. The van der Waals surface area contributed by atoms with Crippen molar-refractivity contribution in [3.63, 3.8) is 0 Å². The lowest BCUT2D eigenvalue weighted by atomic mass is 10.1. The summed E-state index contributed by atoms with van der Waals surface area (Å²) in [5.74, 6) is 0.461. The molecule has 1 amide bonds. The Balaban J connectivity index is 1.73. The first-order chi connectivity index (χ1) is 13.0. The summed E-state index contributed by atoms with van der Waals surface area (Å²) in [6.07, 6.45) is 3.89. The van der Waals surface area contributed by atoms with Crippen LogP contribution in [0.25, 0.3) is 11.4 Å². The van der Waals surface area contributed by atoms with Crippen molar-refractivity contribution in [2.24, 2.45) is 0 Å². The number of carbonyl (C=O) groups excluding carboxylic acids is 1. The molecule has 0 radical (unpaired) electrons. The summed E-state index contributed by atoms with van der Waals surface area (Å²) in [6.45, 7) is 3.80. The summed E-state index contributed by atoms with van der Waals surface area (Å²) in [5.41, 5.74) is 3.74. The molecule has 0 saturated carbocycles. The fourth-order valence-electron chi connectivity index (χ4n) is 2.86. The highest BCUT2D eigenvalue weighted by atomic mass is 16.2. The number of hydrogen-bond acceptors (Lipinski definition) is 4. The maximum absolute atomic E-state index is 12.5. The van der Waals surface area contributed by atoms with Crippen LogP contribution < -0.4 is 10.5 Å². The van der Waals surface area contributed by atoms with Crippen LogP contribution in [-0.4, -0.2) is 27.9 Å². The topological polar surface area (TPSA) is 79.0 Å². The van der Waals surface area contributed by atoms with Crippen molar-refractivity contribution in [2.45, 2.75) is 26.7 Å². The van der Waals surface area contributed by atoms with E-state index in [2.05, 4.69) is 15.0 Å². The van der Waals surface area contributed by atoms with E-state index >= 15 is 0 Å². The van der Waals surface area contributed by atoms with E-state index in [0.717, 1.165) is 16.8 Å². The first-order valence-electron chi connectivity index (χ1n) is 8.79. The number of hydrogen-bond donors (Lipinski definition) is 1. The Morgan fingerprint density at radius 1 is 1.07 bits per heavy atom. The molecule has 1 N–H and O–H groups in total. The van der Waals surface area contributed by atoms with Crippen molar-refractivity contribution in [3.8, 4) is 11.4 Å². The number of amides is 1. The van der Waals surface area contributed by atoms with Gasteiger partial charge in [0.1, 0.15) is 5.82 Å². The Morgan fingerprint density at radius 2 is 1.74 bits per heavy atom. The van der Waals surface area contributed by atoms with Crippen molar-refractivity contribution in [2.75, 3.05) is 11.9 Å². The second-order valence-electron chi connectivity index (χ2n) is 6.50. The molecule has 3 rings (SSSR count). The van der Waals surface area contributed by atoms with Crippen molar-refractivity contribution in [3.05, 3.63) is 76.0 Å². The molecular weight excluding hydrogens is 340 g/mol. The molecule has 2 heterocycles. The van der Waals surface area contributed by atoms with Crippen molar-refractivity contribution < 1.29 is 4.79 Å². The van der Waals surface area contributed by atoms with Crippen LogP contribution in [0.15, 0.2) is 53.6 Å². The number of anilines is 1. The first kappa shape index (κ1) is 18.5. The lowest BCUT2D eigenvalue weighted by molar-refractivity contribution is -0.118. The Kier molecular flexibility index (Phi) is 5.45. The van der Waals surface area contributed by atoms with Crippen LogP contribution in [0.3, 0.4) is 0 Å². The molecule has 6 nitrogen and oxygen atoms in total. The van der Waals surface area contributed by atoms with E-state index in [1.165, 1.54) is 0 Å². The highest BCUT2D eigenvalue weighted by Crippen LogP contribution is 2.16. The van der Waals surface area contributed by atoms with Crippen LogP contribution in [0.1, 0.15) is 23.2 Å². The largest absolute Gasteiger partial charge is 0.315 e. The van der Waals surface area contributed by atoms with Crippen LogP contribution in [0, 0.1) is 13.8 Å². The van der Waals surface area contributed by atoms with Crippen molar-refractivity contribution in [1.82, 2.24) is 15.0 Å². The van der Waals surface area contributed by atoms with Crippen LogP contribution in [0.2, 0.25) is 0 Å². The predicted molar refractivity (Wildman–Crippen MR) is 106 cm³/mol. The zero-order valence-corrected chi connectivity index (χ0v) is 15.7. The van der Waals surface area contributed by atoms with Crippen LogP contribution >= 0.6 is 0 Å². The van der Waals surface area contributed by atoms with E-state index < -0.39 is 0 Å². The normalized spacial score (nSPS) is 10.6. The van der Waals surface area contributed by atoms with E-state index in [4.69, 9.17) is 0 Å². The predicted octanol–water partition coefficient (Wildman–Crippen LogP) is 3.04. The van der Waals surface area contributed by atoms with Crippen LogP contribution in [-0.2, 0) is 11.2 Å². The van der Waals surface area contributed by atoms with Crippen molar-refractivity contribution >= 4 is 11.6 Å². The second kappa shape index (κ2) is 7.95. The number of nitrogens with one attached hydrogen (secondary N) is 1. The minimum atomic E-state index is -0.208. The standard InChI is InChI=1S/C21H22N4O2/c1-14-4-6-17(7-5-14)25(3)19(26)9-8-18-15(2)23-20(24-21(18)27)16-10-12-22-13-11-16/h4-7,10-13H,8-9H2,1-3H3,(H,23,24,27). The fourth-order valence-corrected chi connectivity index (χ4v) is 2.86. The molecule has 0 spiro atoms. The van der Waals surface area contributed by atoms with E-state index in [1.807, 2.05) is 31.2 Å². The highest BCUT2D eigenvalue weighted by Gasteiger charge is 2.15. The Morgan fingerprint density at radius 3 is 2.37 bits per heavy atom. The average Bonchev–Trinajstić information content (AvgIpc) is 2.67. The second-order valence-corrected chi connectivity index (χ2v) is 6.50. The van der Waals surface area contributed by atoms with Gasteiger partial charge < -0.3 is 9.88 Å². The minimum absolute atomic E-state index is 0.0455. The third kappa shape index (κ3) is 4.28. The maximum atomic E-state index is 12.5. The number of pyridine rings is 1. The Bertz CT molecular complexity index is 995. The number of rotatable bonds is 5. The number of benzene rings is 1. The van der Waals surface area contributed by atoms with Gasteiger partial charge in [0.15, 0.2) is 0 Å². The molecule has 0 bridgehead atoms. The van der Waals surface area contributed by atoms with Gasteiger partial charge in [-0.1, -0.05) is 17.7 Å². The van der Waals surface area contributed by atoms with E-state index in [-0.39, 0.29) is 17.9 Å². The SMILES string of the molecule is Cc1ccc(N(C)C(=O)CCc2c(C)nc(-c3ccncc3)[nH]c2=O)cc1. The summed E-state index contributed by atoms with van der Waals surface area (Å²) < 4.78 is 0. The number of carbonyl (C=O) groups is 1. The molecule has 1 aromatic carbocycles. The van der Waals surface area contributed by atoms with Crippen LogP contribution in [0.4, 0.5) is 5.69 Å². The van der Waals surface area contributed by atoms with Crippen molar-refractivity contribution in [1.29, 1.82) is 0 Å². The molecule has 0 saturated heterocycles. The van der Waals surface area contributed by atoms with E-state index in [9.17, 15) is 9.59 Å². The zero-order chi connectivity index (χ0) is 19.4. The summed E-state index contributed by atoms with van der Waals surface area (Å²) in [6, 6.07) is 11.3. The monoisotopic (exact) mass is 362 g/mol. The molecule has 0 aliphatic heterocycles. The molecule has 0 atom stereocenters. The van der Waals surface area contributed by atoms with Gasteiger partial charge in [-0.3, -0.25) is 14.6 Å². The van der Waals surface area contributed by atoms with Gasteiger partial charge in [-0.25, -0.2) is 4.98 Å². The summed E-state index contributed by atoms with van der Waals surface area (Å²) >= 11 is 0. The molecule has 0 unspecified atom stereocenters. The third-order valence-electron chi connectivity index (χ3n) is 4.56. The van der Waals surface area contributed by atoms with E-state index in [0.29, 0.717) is 23.5 Å². The number of aromatic amines is 1. The maximum Gasteiger partial charge on any atom is 0.254 e. The van der Waals surface area contributed by atoms with Gasteiger partial charge in [-0.05, 0) is 44.5 Å². The van der Waals surface area contributed by atoms with Gasteiger partial charge in [-0.15, -0.1) is 0 Å². The van der Waals surface area contributed by atoms with Gasteiger partial charge >= 0.3 is 0 Å². The van der Waals surface area contributed by atoms with Gasteiger partial charge in [0.25, 0.3) is 5.56 Å². The quantitative estimate of drug-likeness (QED) is 0.757. The lowest BCUT2D eigenvalue weighted by Crippen LogP contribution is -2.27. The molecule has 2 aromatic heterocycles. The molecule has 0 aliphatic carbocycles. The summed E-state index contributed by atoms with van der Waals surface area (Å²) in [7, 11) is 1.74. The molecule has 0 fully saturated rings. The van der Waals surface area contributed by atoms with Gasteiger partial charge in [0.05, 0.1) is 0 Å². The number of H-pyrrole nitrogens is 1. The summed E-state index contributed by atoms with van der Waals surface area (Å²) in [5, 5.41) is 0. The highest BCUT2D eigenvalue weighted by molar-refractivity contribution is 5.92. The molecule has 138 valence electrons. The first-order valence-corrected chi connectivity index (χ1v) is 8.79. The summed E-state index contributed by atoms with van der Waals surface area (Å²) in [4.78, 5) is 37.9. The fraction of sp³-hybridized carbons (Fsp3) is 0.238. The number of aromatic nitrogens is 3.